The van der Waals surface area contributed by atoms with Crippen molar-refractivity contribution in [1.29, 1.82) is 0 Å². The number of nitrogens with one attached hydrogen (secondary N) is 1. The summed E-state index contributed by atoms with van der Waals surface area (Å²) in [6, 6.07) is 0.185. The van der Waals surface area contributed by atoms with E-state index in [-0.39, 0.29) is 54.0 Å². The summed E-state index contributed by atoms with van der Waals surface area (Å²) in [6.45, 7) is 2.40. The van der Waals surface area contributed by atoms with Gasteiger partial charge in [-0.3, -0.25) is 19.3 Å². The Balaban J connectivity index is 1.17. The van der Waals surface area contributed by atoms with Crippen LogP contribution >= 0.6 is 0 Å². The number of rotatable bonds is 5. The van der Waals surface area contributed by atoms with Gasteiger partial charge >= 0.3 is 0 Å². The molecule has 3 amide bonds. The number of hydrogen-bond acceptors (Lipinski definition) is 3. The number of imide groups is 1. The number of nitrogens with zero attached hydrogens (tertiary/aromatic N) is 1. The number of hydrogen-bond donors (Lipinski definition) is 1. The summed E-state index contributed by atoms with van der Waals surface area (Å²) >= 11 is 0. The monoisotopic (exact) mass is 384 g/mol. The van der Waals surface area contributed by atoms with Crippen LogP contribution in [0.3, 0.4) is 0 Å². The van der Waals surface area contributed by atoms with Crippen LogP contribution in [-0.4, -0.2) is 35.2 Å². The number of amides is 3. The quantitative estimate of drug-likeness (QED) is 0.585. The van der Waals surface area contributed by atoms with Crippen LogP contribution < -0.4 is 5.32 Å². The molecule has 5 fully saturated rings. The molecule has 6 rings (SSSR count). The topological polar surface area (TPSA) is 66.5 Å². The standard InChI is InChI=1S/C23H32N2O3/c1-14(23-11-15-8-16(12-23)10-17(9-15)13-23)24-20(26)6-7-25-21(27)18-4-2-3-5-19(18)22(25)28/h2-3,14-19H,4-13H2,1H3,(H,24,26). The van der Waals surface area contributed by atoms with Crippen LogP contribution in [0.15, 0.2) is 12.2 Å². The molecule has 4 saturated carbocycles. The Morgan fingerprint density at radius 2 is 1.54 bits per heavy atom. The van der Waals surface area contributed by atoms with Crippen molar-refractivity contribution >= 4 is 17.7 Å². The summed E-state index contributed by atoms with van der Waals surface area (Å²) in [7, 11) is 0. The van der Waals surface area contributed by atoms with E-state index in [0.29, 0.717) is 12.8 Å². The van der Waals surface area contributed by atoms with E-state index < -0.39 is 0 Å². The van der Waals surface area contributed by atoms with Gasteiger partial charge in [0.05, 0.1) is 11.8 Å². The average Bonchev–Trinajstić information content (AvgIpc) is 2.90. The molecule has 5 heteroatoms. The fraction of sp³-hybridized carbons (Fsp3) is 0.783. The fourth-order valence-corrected chi connectivity index (χ4v) is 7.48. The summed E-state index contributed by atoms with van der Waals surface area (Å²) in [6.07, 6.45) is 13.5. The lowest BCUT2D eigenvalue weighted by Crippen LogP contribution is -2.56. The molecular weight excluding hydrogens is 352 g/mol. The maximum atomic E-state index is 12.7. The largest absolute Gasteiger partial charge is 0.353 e. The average molecular weight is 385 g/mol. The van der Waals surface area contributed by atoms with Gasteiger partial charge in [-0.05, 0) is 81.5 Å². The SMILES string of the molecule is CC(NC(=O)CCN1C(=O)C2CC=CCC2C1=O)C12CC3CC(CC(C3)C1)C2. The number of fused-ring (bicyclic) bond motifs is 1. The van der Waals surface area contributed by atoms with Crippen LogP contribution in [0.4, 0.5) is 0 Å². The van der Waals surface area contributed by atoms with Crippen molar-refractivity contribution in [2.75, 3.05) is 6.54 Å². The lowest BCUT2D eigenvalue weighted by molar-refractivity contribution is -0.140. The van der Waals surface area contributed by atoms with Crippen molar-refractivity contribution in [2.45, 2.75) is 70.8 Å². The molecule has 1 saturated heterocycles. The number of likely N-dealkylation sites (tertiary alicyclic amines) is 1. The summed E-state index contributed by atoms with van der Waals surface area (Å²) in [5.74, 6) is 2.00. The highest BCUT2D eigenvalue weighted by Gasteiger charge is 2.53. The minimum absolute atomic E-state index is 0.0168. The lowest BCUT2D eigenvalue weighted by atomic mass is 9.48. The molecule has 152 valence electrons. The van der Waals surface area contributed by atoms with Crippen LogP contribution in [-0.2, 0) is 14.4 Å². The van der Waals surface area contributed by atoms with Gasteiger partial charge < -0.3 is 5.32 Å². The molecule has 0 aromatic carbocycles. The van der Waals surface area contributed by atoms with Gasteiger partial charge in [-0.15, -0.1) is 0 Å². The van der Waals surface area contributed by atoms with E-state index in [2.05, 4.69) is 12.2 Å². The van der Waals surface area contributed by atoms with Gasteiger partial charge in [-0.1, -0.05) is 12.2 Å². The molecule has 0 radical (unpaired) electrons. The number of carbonyl (C=O) groups is 3. The highest BCUT2D eigenvalue weighted by atomic mass is 16.2. The zero-order valence-electron chi connectivity index (χ0n) is 16.9. The van der Waals surface area contributed by atoms with Gasteiger partial charge in [0.1, 0.15) is 0 Å². The third-order valence-electron chi connectivity index (χ3n) is 8.54. The molecule has 1 heterocycles. The Bertz CT molecular complexity index is 666. The van der Waals surface area contributed by atoms with E-state index in [4.69, 9.17) is 0 Å². The molecule has 5 aliphatic carbocycles. The molecule has 0 spiro atoms. The van der Waals surface area contributed by atoms with Crippen LogP contribution in [0.5, 0.6) is 0 Å². The zero-order chi connectivity index (χ0) is 19.5. The minimum atomic E-state index is -0.202. The first-order chi connectivity index (χ1) is 13.4. The van der Waals surface area contributed by atoms with Crippen molar-refractivity contribution in [3.63, 3.8) is 0 Å². The fourth-order valence-electron chi connectivity index (χ4n) is 7.48. The predicted octanol–water partition coefficient (Wildman–Crippen LogP) is 3.05. The van der Waals surface area contributed by atoms with E-state index in [9.17, 15) is 14.4 Å². The van der Waals surface area contributed by atoms with Gasteiger partial charge in [0.15, 0.2) is 0 Å². The van der Waals surface area contributed by atoms with Crippen molar-refractivity contribution in [3.8, 4) is 0 Å². The van der Waals surface area contributed by atoms with E-state index in [0.717, 1.165) is 17.8 Å². The summed E-state index contributed by atoms with van der Waals surface area (Å²) < 4.78 is 0. The molecule has 3 atom stereocenters. The zero-order valence-corrected chi connectivity index (χ0v) is 16.9. The van der Waals surface area contributed by atoms with Gasteiger partial charge in [-0.25, -0.2) is 0 Å². The van der Waals surface area contributed by atoms with Crippen LogP contribution in [0, 0.1) is 35.0 Å². The number of allylic oxidation sites excluding steroid dienone is 2. The highest BCUT2D eigenvalue weighted by Crippen LogP contribution is 2.61. The third-order valence-corrected chi connectivity index (χ3v) is 8.54. The van der Waals surface area contributed by atoms with E-state index in [1.807, 2.05) is 12.2 Å². The first-order valence-electron chi connectivity index (χ1n) is 11.2. The molecule has 1 aliphatic heterocycles. The molecule has 28 heavy (non-hydrogen) atoms. The van der Waals surface area contributed by atoms with E-state index in [1.165, 1.54) is 43.4 Å². The summed E-state index contributed by atoms with van der Waals surface area (Å²) in [5, 5.41) is 3.25. The Labute approximate surface area is 167 Å². The van der Waals surface area contributed by atoms with Crippen molar-refractivity contribution in [1.82, 2.24) is 10.2 Å². The van der Waals surface area contributed by atoms with E-state index >= 15 is 0 Å². The van der Waals surface area contributed by atoms with Crippen LogP contribution in [0.1, 0.15) is 64.7 Å². The normalized spacial score (nSPS) is 42.0. The minimum Gasteiger partial charge on any atom is -0.353 e. The lowest BCUT2D eigenvalue weighted by Gasteiger charge is -2.59. The molecule has 6 aliphatic rings. The third kappa shape index (κ3) is 2.93. The van der Waals surface area contributed by atoms with Crippen molar-refractivity contribution in [3.05, 3.63) is 12.2 Å². The Kier molecular flexibility index (Phi) is 4.40. The van der Waals surface area contributed by atoms with E-state index in [1.54, 1.807) is 0 Å². The maximum absolute atomic E-state index is 12.7. The van der Waals surface area contributed by atoms with Gasteiger partial charge in [0, 0.05) is 19.0 Å². The Morgan fingerprint density at radius 1 is 1.04 bits per heavy atom. The molecule has 5 nitrogen and oxygen atoms in total. The summed E-state index contributed by atoms with van der Waals surface area (Å²) in [5.41, 5.74) is 0.282. The van der Waals surface area contributed by atoms with Crippen molar-refractivity contribution in [2.24, 2.45) is 35.0 Å². The second-order valence-corrected chi connectivity index (χ2v) is 10.3. The second-order valence-electron chi connectivity index (χ2n) is 10.3. The van der Waals surface area contributed by atoms with Crippen LogP contribution in [0.25, 0.3) is 0 Å². The van der Waals surface area contributed by atoms with Gasteiger partial charge in [-0.2, -0.15) is 0 Å². The molecule has 0 aromatic heterocycles. The molecule has 4 bridgehead atoms. The predicted molar refractivity (Wildman–Crippen MR) is 105 cm³/mol. The summed E-state index contributed by atoms with van der Waals surface area (Å²) in [4.78, 5) is 39.1. The van der Waals surface area contributed by atoms with Crippen LogP contribution in [0.2, 0.25) is 0 Å². The number of carbonyl (C=O) groups excluding carboxylic acids is 3. The Morgan fingerprint density at radius 3 is 2.04 bits per heavy atom. The molecule has 1 N–H and O–H groups in total. The second kappa shape index (κ2) is 6.70. The molecule has 0 aromatic rings. The first kappa shape index (κ1) is 18.4. The molecular formula is C23H32N2O3. The van der Waals surface area contributed by atoms with Gasteiger partial charge in [0.25, 0.3) is 0 Å². The Hall–Kier alpha value is -1.65. The first-order valence-corrected chi connectivity index (χ1v) is 11.2. The van der Waals surface area contributed by atoms with Gasteiger partial charge in [0.2, 0.25) is 17.7 Å². The highest BCUT2D eigenvalue weighted by molar-refractivity contribution is 6.05. The maximum Gasteiger partial charge on any atom is 0.233 e. The smallest absolute Gasteiger partial charge is 0.233 e. The molecule has 3 unspecified atom stereocenters. The van der Waals surface area contributed by atoms with Crippen molar-refractivity contribution < 1.29 is 14.4 Å².